The summed E-state index contributed by atoms with van der Waals surface area (Å²) in [6, 6.07) is 133. The highest BCUT2D eigenvalue weighted by Gasteiger charge is 2.28. The molecule has 0 bridgehead atoms. The van der Waals surface area contributed by atoms with Gasteiger partial charge in [-0.2, -0.15) is 0 Å². The lowest BCUT2D eigenvalue weighted by Gasteiger charge is -2.15. The number of pyridine rings is 10. The Hall–Kier alpha value is -20.3. The standard InChI is InChI=1S/C47H27N7.C43H29N5.C39H23N7/c1-2-12-29-28(11-1)21-22-37-42(29)36-17-7-10-20-41(36)51-44(37)43-33-16-4-3-13-30(33)38(27-50-43)47-53-45(34-23-25-48-39-18-8-5-14-31(34)39)52-46(54-47)35-24-26-49-40-19-9-6-15-32(35)40;1-26-15-19-29(20-16-26)41-46-42(30-21-17-27(2)18-22-30)48-43(47-41)36-25-44-39(33-12-6-5-11-32(33)36)40-35-24-23-28-9-3-4-10-31(28)38(35)34-13-7-8-14-37(34)45-40;1-2-8-27-24(7-1)13-14-31-34(27)30-11-5-6-12-33(30)43-36(31)35-29-10-4-3-9-28(29)32(23-42-35)39-45-37(25-15-19-40-20-16-25)44-38(46-39)26-17-21-41-22-18-26/h1-27H;3-25H,1-2H3;1-23H. The van der Waals surface area contributed by atoms with Gasteiger partial charge in [0.1, 0.15) is 0 Å². The van der Waals surface area contributed by atoms with Gasteiger partial charge in [-0.05, 0) is 129 Å². The molecule has 0 aliphatic carbocycles. The second-order valence-electron chi connectivity index (χ2n) is 36.6. The average molecular weight is 1900 g/mol. The molecule has 19 heteroatoms. The summed E-state index contributed by atoms with van der Waals surface area (Å²) < 4.78 is 0. The molecule has 13 aromatic heterocycles. The summed E-state index contributed by atoms with van der Waals surface area (Å²) in [4.78, 5) is 94.1. The van der Waals surface area contributed by atoms with E-state index in [0.29, 0.717) is 52.4 Å². The van der Waals surface area contributed by atoms with E-state index in [-0.39, 0.29) is 0 Å². The van der Waals surface area contributed by atoms with Gasteiger partial charge >= 0.3 is 0 Å². The molecule has 690 valence electrons. The number of hydrogen-bond acceptors (Lipinski definition) is 19. The second kappa shape index (κ2) is 36.6. The van der Waals surface area contributed by atoms with Crippen molar-refractivity contribution in [2.45, 2.75) is 13.8 Å². The molecular weight excluding hydrogens is 1820 g/mol. The van der Waals surface area contributed by atoms with E-state index in [2.05, 4.69) is 307 Å². The number of rotatable bonds is 12. The van der Waals surface area contributed by atoms with Gasteiger partial charge in [-0.15, -0.1) is 0 Å². The van der Waals surface area contributed by atoms with Crippen molar-refractivity contribution in [3.8, 4) is 137 Å². The largest absolute Gasteiger partial charge is 0.265 e. The van der Waals surface area contributed by atoms with E-state index in [1.807, 2.05) is 134 Å². The molecule has 0 saturated carbocycles. The maximum absolute atomic E-state index is 5.28. The summed E-state index contributed by atoms with van der Waals surface area (Å²) in [6.07, 6.45) is 16.2. The van der Waals surface area contributed by atoms with Crippen LogP contribution in [-0.2, 0) is 0 Å². The zero-order chi connectivity index (χ0) is 98.2. The van der Waals surface area contributed by atoms with Crippen LogP contribution in [0.4, 0.5) is 0 Å². The molecule has 29 rings (SSSR count). The minimum absolute atomic E-state index is 0.523. The van der Waals surface area contributed by atoms with E-state index < -0.39 is 0 Å². The Bertz CT molecular complexity index is 10200. The highest BCUT2D eigenvalue weighted by atomic mass is 15.1. The normalized spacial score (nSPS) is 11.6. The van der Waals surface area contributed by atoms with E-state index in [1.165, 1.54) is 59.6 Å². The van der Waals surface area contributed by atoms with Gasteiger partial charge in [-0.3, -0.25) is 34.9 Å². The molecule has 19 nitrogen and oxygen atoms in total. The van der Waals surface area contributed by atoms with Crippen molar-refractivity contribution < 1.29 is 0 Å². The topological polar surface area (TPSA) is 245 Å². The third kappa shape index (κ3) is 15.5. The first-order valence-electron chi connectivity index (χ1n) is 48.9. The number of fused-ring (bicyclic) bond motifs is 20. The van der Waals surface area contributed by atoms with Crippen LogP contribution in [0.1, 0.15) is 11.1 Å². The molecule has 13 heterocycles. The number of nitrogens with zero attached hydrogens (tertiary/aromatic N) is 19. The quantitative estimate of drug-likeness (QED) is 0.103. The van der Waals surface area contributed by atoms with E-state index in [0.717, 1.165) is 187 Å². The molecule has 148 heavy (non-hydrogen) atoms. The maximum Gasteiger partial charge on any atom is 0.166 e. The summed E-state index contributed by atoms with van der Waals surface area (Å²) in [7, 11) is 0. The SMILES string of the molecule is Cc1ccc(-c2nc(-c3ccc(C)cc3)nc(-c3cnc(-c4nc5ccccc5c5c4ccc4ccccc45)c4ccccc34)n2)cc1.c1ccc2c(c1)ccc1c(-c3ncc(-c4nc(-c5ccnc6ccccc56)nc(-c5ccnc6ccccc56)n4)c4ccccc34)nc3ccccc3c12.c1ccc2c(c1)ccc1c(-c3ncc(-c4nc(-c5ccncc5)nc(-c5ccncc5)n4)c4ccccc34)nc3ccccc3c12. The number of para-hydroxylation sites is 5. The fourth-order valence-corrected chi connectivity index (χ4v) is 20.6. The van der Waals surface area contributed by atoms with Crippen molar-refractivity contribution >= 4 is 151 Å². The fraction of sp³-hybridized carbons (Fsp3) is 0.0155. The number of hydrogen-bond donors (Lipinski definition) is 0. The van der Waals surface area contributed by atoms with Crippen molar-refractivity contribution in [2.24, 2.45) is 0 Å². The third-order valence-electron chi connectivity index (χ3n) is 27.7. The van der Waals surface area contributed by atoms with Crippen molar-refractivity contribution in [1.82, 2.24) is 94.7 Å². The lowest BCUT2D eigenvalue weighted by molar-refractivity contribution is 1.07. The van der Waals surface area contributed by atoms with E-state index in [1.54, 1.807) is 37.2 Å². The van der Waals surface area contributed by atoms with Gasteiger partial charge in [-0.1, -0.05) is 333 Å². The van der Waals surface area contributed by atoms with Crippen LogP contribution in [-0.4, -0.2) is 94.7 Å². The average Bonchev–Trinajstić information content (AvgIpc) is 0.734. The Labute approximate surface area is 846 Å². The van der Waals surface area contributed by atoms with Crippen LogP contribution in [0.2, 0.25) is 0 Å². The van der Waals surface area contributed by atoms with E-state index in [9.17, 15) is 0 Å². The van der Waals surface area contributed by atoms with Crippen LogP contribution < -0.4 is 0 Å². The van der Waals surface area contributed by atoms with Gasteiger partial charge in [0.15, 0.2) is 52.4 Å². The van der Waals surface area contributed by atoms with Crippen LogP contribution in [0.5, 0.6) is 0 Å². The molecule has 0 atom stereocenters. The summed E-state index contributed by atoms with van der Waals surface area (Å²) >= 11 is 0. The Morgan fingerprint density at radius 3 is 0.703 bits per heavy atom. The van der Waals surface area contributed by atoms with Crippen molar-refractivity contribution in [3.05, 3.63) is 455 Å². The van der Waals surface area contributed by atoms with Gasteiger partial charge in [0.05, 0.1) is 61.7 Å². The highest BCUT2D eigenvalue weighted by Crippen LogP contribution is 2.47. The first-order chi connectivity index (χ1) is 73.2. The molecule has 0 fully saturated rings. The summed E-state index contributed by atoms with van der Waals surface area (Å²) in [5.74, 6) is 5.10. The predicted molar refractivity (Wildman–Crippen MR) is 597 cm³/mol. The Balaban J connectivity index is 0.000000110. The van der Waals surface area contributed by atoms with Gasteiger partial charge in [-0.25, -0.2) is 59.8 Å². The monoisotopic (exact) mass is 1890 g/mol. The Kier molecular flexibility index (Phi) is 21.5. The van der Waals surface area contributed by atoms with Gasteiger partial charge in [0.25, 0.3) is 0 Å². The number of aryl methyl sites for hydroxylation is 2. The van der Waals surface area contributed by atoms with E-state index >= 15 is 0 Å². The molecule has 0 aliphatic heterocycles. The molecule has 0 amide bonds. The van der Waals surface area contributed by atoms with E-state index in [4.69, 9.17) is 74.8 Å². The van der Waals surface area contributed by atoms with Crippen LogP contribution in [0.15, 0.2) is 444 Å². The Morgan fingerprint density at radius 1 is 0.142 bits per heavy atom. The van der Waals surface area contributed by atoms with Crippen molar-refractivity contribution in [2.75, 3.05) is 0 Å². The van der Waals surface area contributed by atoms with Crippen molar-refractivity contribution in [1.29, 1.82) is 0 Å². The van der Waals surface area contributed by atoms with Gasteiger partial charge < -0.3 is 0 Å². The van der Waals surface area contributed by atoms with Crippen LogP contribution in [0.25, 0.3) is 288 Å². The van der Waals surface area contributed by atoms with Crippen molar-refractivity contribution in [3.63, 3.8) is 0 Å². The Morgan fingerprint density at radius 2 is 0.385 bits per heavy atom. The van der Waals surface area contributed by atoms with Gasteiger partial charge in [0, 0.05) is 181 Å². The summed E-state index contributed by atoms with van der Waals surface area (Å²) in [5, 5.41) is 25.0. The van der Waals surface area contributed by atoms with Gasteiger partial charge in [0.2, 0.25) is 0 Å². The third-order valence-corrected chi connectivity index (χ3v) is 27.7. The fourth-order valence-electron chi connectivity index (χ4n) is 20.6. The molecule has 0 saturated heterocycles. The molecule has 0 radical (unpaired) electrons. The second-order valence-corrected chi connectivity index (χ2v) is 36.6. The minimum Gasteiger partial charge on any atom is -0.265 e. The maximum atomic E-state index is 5.28. The molecule has 16 aromatic carbocycles. The molecule has 0 aliphatic rings. The number of benzene rings is 16. The van der Waals surface area contributed by atoms with Crippen LogP contribution in [0, 0.1) is 13.8 Å². The lowest BCUT2D eigenvalue weighted by Crippen LogP contribution is -2.02. The summed E-state index contributed by atoms with van der Waals surface area (Å²) in [5.41, 5.74) is 19.6. The smallest absolute Gasteiger partial charge is 0.166 e. The number of aromatic nitrogens is 19. The molecule has 0 spiro atoms. The van der Waals surface area contributed by atoms with Crippen LogP contribution >= 0.6 is 0 Å². The highest BCUT2D eigenvalue weighted by molar-refractivity contribution is 6.27. The summed E-state index contributed by atoms with van der Waals surface area (Å²) in [6.45, 7) is 4.16. The molecule has 29 aromatic rings. The zero-order valence-electron chi connectivity index (χ0n) is 79.6. The molecule has 0 unspecified atom stereocenters. The zero-order valence-corrected chi connectivity index (χ0v) is 79.6. The molecule has 0 N–H and O–H groups in total. The lowest BCUT2D eigenvalue weighted by atomic mass is 9.95. The minimum atomic E-state index is 0.523. The van der Waals surface area contributed by atoms with Crippen LogP contribution in [0.3, 0.4) is 0 Å². The molecular formula is C129H79N19. The predicted octanol–water partition coefficient (Wildman–Crippen LogP) is 30.3. The first kappa shape index (κ1) is 86.8. The first-order valence-corrected chi connectivity index (χ1v) is 48.9.